The second-order valence-corrected chi connectivity index (χ2v) is 3.53. The zero-order chi connectivity index (χ0) is 8.97. The van der Waals surface area contributed by atoms with Gasteiger partial charge >= 0.3 is 0 Å². The van der Waals surface area contributed by atoms with E-state index < -0.39 is 0 Å². The van der Waals surface area contributed by atoms with Gasteiger partial charge in [0.2, 0.25) is 0 Å². The number of ether oxygens (including phenoxy) is 1. The number of rotatable bonds is 2. The van der Waals surface area contributed by atoms with Gasteiger partial charge in [-0.25, -0.2) is 0 Å². The second-order valence-electron chi connectivity index (χ2n) is 3.53. The first-order valence-corrected chi connectivity index (χ1v) is 4.50. The number of Topliss-reactive ketones (excluding diaryl/α,β-unsaturated/α-hetero) is 1. The Bertz CT molecular complexity index is 182. The van der Waals surface area contributed by atoms with Gasteiger partial charge in [0.05, 0.1) is 12.7 Å². The molecular formula is C10H16O2. The molecule has 0 aromatic heterocycles. The summed E-state index contributed by atoms with van der Waals surface area (Å²) in [7, 11) is 0. The summed E-state index contributed by atoms with van der Waals surface area (Å²) < 4.78 is 5.39. The SMILES string of the molecule is CC(C)C=CC1CC(=O)CCO1. The molecule has 0 saturated carbocycles. The Morgan fingerprint density at radius 3 is 2.92 bits per heavy atom. The zero-order valence-electron chi connectivity index (χ0n) is 7.75. The standard InChI is InChI=1S/C10H16O2/c1-8(2)3-4-10-7-9(11)5-6-12-10/h3-4,8,10H,5-7H2,1-2H3. The van der Waals surface area contributed by atoms with E-state index in [-0.39, 0.29) is 6.10 Å². The lowest BCUT2D eigenvalue weighted by molar-refractivity contribution is -0.126. The molecule has 12 heavy (non-hydrogen) atoms. The number of allylic oxidation sites excluding steroid dienone is 1. The van der Waals surface area contributed by atoms with Crippen LogP contribution in [0.5, 0.6) is 0 Å². The molecule has 2 nitrogen and oxygen atoms in total. The molecule has 1 aliphatic heterocycles. The van der Waals surface area contributed by atoms with Gasteiger partial charge in [-0.3, -0.25) is 4.79 Å². The zero-order valence-corrected chi connectivity index (χ0v) is 7.75. The molecular weight excluding hydrogens is 152 g/mol. The molecule has 0 aromatic carbocycles. The molecule has 0 radical (unpaired) electrons. The van der Waals surface area contributed by atoms with Crippen LogP contribution < -0.4 is 0 Å². The lowest BCUT2D eigenvalue weighted by Crippen LogP contribution is -2.23. The summed E-state index contributed by atoms with van der Waals surface area (Å²) in [4.78, 5) is 11.0. The monoisotopic (exact) mass is 168 g/mol. The minimum absolute atomic E-state index is 0.0358. The minimum atomic E-state index is 0.0358. The molecule has 1 heterocycles. The molecule has 2 heteroatoms. The van der Waals surface area contributed by atoms with E-state index >= 15 is 0 Å². The molecule has 0 bridgehead atoms. The van der Waals surface area contributed by atoms with Crippen LogP contribution in [-0.4, -0.2) is 18.5 Å². The average Bonchev–Trinajstić information content (AvgIpc) is 2.01. The van der Waals surface area contributed by atoms with E-state index in [4.69, 9.17) is 4.74 Å². The molecule has 0 N–H and O–H groups in total. The molecule has 0 aromatic rings. The predicted molar refractivity (Wildman–Crippen MR) is 48.0 cm³/mol. The Hall–Kier alpha value is -0.630. The van der Waals surface area contributed by atoms with Gasteiger partial charge < -0.3 is 4.74 Å². The second kappa shape index (κ2) is 4.41. The molecule has 0 amide bonds. The van der Waals surface area contributed by atoms with Crippen LogP contribution in [0.2, 0.25) is 0 Å². The van der Waals surface area contributed by atoms with Gasteiger partial charge in [-0.15, -0.1) is 0 Å². The Balaban J connectivity index is 2.36. The number of ketones is 1. The van der Waals surface area contributed by atoms with E-state index in [1.165, 1.54) is 0 Å². The van der Waals surface area contributed by atoms with E-state index in [0.717, 1.165) is 0 Å². The largest absolute Gasteiger partial charge is 0.373 e. The minimum Gasteiger partial charge on any atom is -0.373 e. The van der Waals surface area contributed by atoms with Gasteiger partial charge in [-0.2, -0.15) is 0 Å². The number of carbonyl (C=O) groups is 1. The summed E-state index contributed by atoms with van der Waals surface area (Å²) >= 11 is 0. The van der Waals surface area contributed by atoms with Crippen LogP contribution >= 0.6 is 0 Å². The summed E-state index contributed by atoms with van der Waals surface area (Å²) in [6.07, 6.45) is 5.27. The van der Waals surface area contributed by atoms with Crippen LogP contribution in [0.1, 0.15) is 26.7 Å². The quantitative estimate of drug-likeness (QED) is 0.589. The summed E-state index contributed by atoms with van der Waals surface area (Å²) in [6.45, 7) is 4.81. The Kier molecular flexibility index (Phi) is 3.48. The normalized spacial score (nSPS) is 25.6. The van der Waals surface area contributed by atoms with Crippen LogP contribution in [0.15, 0.2) is 12.2 Å². The molecule has 1 aliphatic rings. The highest BCUT2D eigenvalue weighted by molar-refractivity contribution is 5.79. The van der Waals surface area contributed by atoms with Gasteiger partial charge in [0, 0.05) is 12.8 Å². The lowest BCUT2D eigenvalue weighted by atomic mass is 10.1. The van der Waals surface area contributed by atoms with Crippen molar-refractivity contribution in [2.24, 2.45) is 5.92 Å². The van der Waals surface area contributed by atoms with E-state index in [1.54, 1.807) is 0 Å². The summed E-state index contributed by atoms with van der Waals surface area (Å²) in [5.41, 5.74) is 0. The molecule has 0 spiro atoms. The molecule has 0 aliphatic carbocycles. The third-order valence-electron chi connectivity index (χ3n) is 1.85. The molecule has 1 atom stereocenters. The van der Waals surface area contributed by atoms with Crippen molar-refractivity contribution in [1.29, 1.82) is 0 Å². The highest BCUT2D eigenvalue weighted by Gasteiger charge is 2.16. The number of carbonyl (C=O) groups excluding carboxylic acids is 1. The van der Waals surface area contributed by atoms with Crippen molar-refractivity contribution in [2.45, 2.75) is 32.8 Å². The maximum Gasteiger partial charge on any atom is 0.138 e. The van der Waals surface area contributed by atoms with Gasteiger partial charge in [-0.1, -0.05) is 26.0 Å². The van der Waals surface area contributed by atoms with E-state index in [0.29, 0.717) is 31.1 Å². The first-order chi connectivity index (χ1) is 5.68. The Morgan fingerprint density at radius 1 is 1.58 bits per heavy atom. The predicted octanol–water partition coefficient (Wildman–Crippen LogP) is 1.95. The average molecular weight is 168 g/mol. The van der Waals surface area contributed by atoms with E-state index in [9.17, 15) is 4.79 Å². The van der Waals surface area contributed by atoms with Crippen LogP contribution in [0.25, 0.3) is 0 Å². The highest BCUT2D eigenvalue weighted by atomic mass is 16.5. The molecule has 1 fully saturated rings. The smallest absolute Gasteiger partial charge is 0.138 e. The van der Waals surface area contributed by atoms with Crippen molar-refractivity contribution in [3.8, 4) is 0 Å². The van der Waals surface area contributed by atoms with Crippen molar-refractivity contribution in [2.75, 3.05) is 6.61 Å². The van der Waals surface area contributed by atoms with Crippen molar-refractivity contribution < 1.29 is 9.53 Å². The third-order valence-corrected chi connectivity index (χ3v) is 1.85. The van der Waals surface area contributed by atoms with Gasteiger partial charge in [0.15, 0.2) is 0 Å². The van der Waals surface area contributed by atoms with Crippen molar-refractivity contribution in [1.82, 2.24) is 0 Å². The van der Waals surface area contributed by atoms with E-state index in [1.807, 2.05) is 6.08 Å². The van der Waals surface area contributed by atoms with Gasteiger partial charge in [-0.05, 0) is 5.92 Å². The summed E-state index contributed by atoms with van der Waals surface area (Å²) in [5.74, 6) is 0.852. The first kappa shape index (κ1) is 9.46. The van der Waals surface area contributed by atoms with Gasteiger partial charge in [0.25, 0.3) is 0 Å². The fourth-order valence-corrected chi connectivity index (χ4v) is 1.18. The highest BCUT2D eigenvalue weighted by Crippen LogP contribution is 2.11. The molecule has 1 saturated heterocycles. The maximum atomic E-state index is 11.0. The number of hydrogen-bond donors (Lipinski definition) is 0. The van der Waals surface area contributed by atoms with Gasteiger partial charge in [0.1, 0.15) is 5.78 Å². The Morgan fingerprint density at radius 2 is 2.33 bits per heavy atom. The third kappa shape index (κ3) is 3.18. The maximum absolute atomic E-state index is 11.0. The Labute approximate surface area is 73.6 Å². The van der Waals surface area contributed by atoms with Crippen molar-refractivity contribution in [3.05, 3.63) is 12.2 Å². The molecule has 68 valence electrons. The fourth-order valence-electron chi connectivity index (χ4n) is 1.18. The van der Waals surface area contributed by atoms with Crippen molar-refractivity contribution >= 4 is 5.78 Å². The van der Waals surface area contributed by atoms with E-state index in [2.05, 4.69) is 19.9 Å². The van der Waals surface area contributed by atoms with Crippen LogP contribution in [-0.2, 0) is 9.53 Å². The molecule has 1 unspecified atom stereocenters. The topological polar surface area (TPSA) is 26.3 Å². The first-order valence-electron chi connectivity index (χ1n) is 4.50. The summed E-state index contributed by atoms with van der Waals surface area (Å²) in [6, 6.07) is 0. The fraction of sp³-hybridized carbons (Fsp3) is 0.700. The van der Waals surface area contributed by atoms with Crippen LogP contribution in [0, 0.1) is 5.92 Å². The molecule has 1 rings (SSSR count). The van der Waals surface area contributed by atoms with Crippen LogP contribution in [0.3, 0.4) is 0 Å². The lowest BCUT2D eigenvalue weighted by Gasteiger charge is -2.18. The van der Waals surface area contributed by atoms with Crippen molar-refractivity contribution in [3.63, 3.8) is 0 Å². The number of hydrogen-bond acceptors (Lipinski definition) is 2. The van der Waals surface area contributed by atoms with Crippen LogP contribution in [0.4, 0.5) is 0 Å². The summed E-state index contributed by atoms with van der Waals surface area (Å²) in [5, 5.41) is 0.